The van der Waals surface area contributed by atoms with Crippen molar-refractivity contribution in [2.24, 2.45) is 0 Å². The summed E-state index contributed by atoms with van der Waals surface area (Å²) in [6.45, 7) is 1.89. The van der Waals surface area contributed by atoms with Crippen molar-refractivity contribution < 1.29 is 4.92 Å². The Bertz CT molecular complexity index is 743. The monoisotopic (exact) mass is 438 g/mol. The molecule has 1 aliphatic carbocycles. The highest BCUT2D eigenvalue weighted by atomic mass is 79.9. The molecule has 3 rings (SSSR count). The lowest BCUT2D eigenvalue weighted by Crippen LogP contribution is -2.27. The maximum atomic E-state index is 11.0. The molecule has 6 heteroatoms. The second kappa shape index (κ2) is 7.01. The van der Waals surface area contributed by atoms with Crippen LogP contribution in [0.4, 0.5) is 11.4 Å². The zero-order valence-electron chi connectivity index (χ0n) is 12.5. The van der Waals surface area contributed by atoms with Gasteiger partial charge in [0.25, 0.3) is 5.69 Å². The van der Waals surface area contributed by atoms with E-state index in [9.17, 15) is 10.1 Å². The third-order valence-electron chi connectivity index (χ3n) is 4.13. The number of halogens is 2. The van der Waals surface area contributed by atoms with E-state index in [1.165, 1.54) is 16.8 Å². The van der Waals surface area contributed by atoms with Crippen LogP contribution < -0.4 is 4.90 Å². The van der Waals surface area contributed by atoms with Crippen LogP contribution in [0.3, 0.4) is 0 Å². The first-order valence-corrected chi connectivity index (χ1v) is 9.66. The predicted molar refractivity (Wildman–Crippen MR) is 101 cm³/mol. The van der Waals surface area contributed by atoms with Crippen LogP contribution in [0, 0.1) is 10.1 Å². The SMILES string of the molecule is O=[N+]([O-])c1ccc2c(c1)Cc1cc(N(CCBr)CCBr)ccc1-2. The summed E-state index contributed by atoms with van der Waals surface area (Å²) in [5, 5.41) is 12.8. The molecule has 0 atom stereocenters. The van der Waals surface area contributed by atoms with E-state index in [1.807, 2.05) is 6.07 Å². The number of hydrogen-bond acceptors (Lipinski definition) is 3. The first-order chi connectivity index (χ1) is 11.1. The molecule has 0 aromatic heterocycles. The molecule has 23 heavy (non-hydrogen) atoms. The molecule has 0 saturated heterocycles. The Morgan fingerprint density at radius 2 is 1.61 bits per heavy atom. The average molecular weight is 440 g/mol. The minimum Gasteiger partial charge on any atom is -0.370 e. The number of alkyl halides is 2. The molecule has 0 radical (unpaired) electrons. The predicted octanol–water partition coefficient (Wildman–Crippen LogP) is 4.76. The van der Waals surface area contributed by atoms with Gasteiger partial charge in [0.15, 0.2) is 0 Å². The highest BCUT2D eigenvalue weighted by molar-refractivity contribution is 9.09. The third-order valence-corrected chi connectivity index (χ3v) is 4.84. The molecule has 1 aliphatic rings. The van der Waals surface area contributed by atoms with Crippen molar-refractivity contribution in [3.05, 3.63) is 57.6 Å². The van der Waals surface area contributed by atoms with E-state index in [4.69, 9.17) is 0 Å². The smallest absolute Gasteiger partial charge is 0.269 e. The number of nitro groups is 1. The summed E-state index contributed by atoms with van der Waals surface area (Å²) in [5.41, 5.74) is 5.95. The maximum absolute atomic E-state index is 11.0. The Hall–Kier alpha value is -1.40. The molecule has 2 aromatic carbocycles. The Morgan fingerprint density at radius 1 is 1.00 bits per heavy atom. The normalized spacial score (nSPS) is 11.9. The summed E-state index contributed by atoms with van der Waals surface area (Å²) >= 11 is 7.01. The lowest BCUT2D eigenvalue weighted by molar-refractivity contribution is -0.384. The van der Waals surface area contributed by atoms with Gasteiger partial charge in [-0.15, -0.1) is 0 Å². The summed E-state index contributed by atoms with van der Waals surface area (Å²) < 4.78 is 0. The second-order valence-corrected chi connectivity index (χ2v) is 7.07. The first-order valence-electron chi connectivity index (χ1n) is 7.41. The summed E-state index contributed by atoms with van der Waals surface area (Å²) in [5.74, 6) is 0. The summed E-state index contributed by atoms with van der Waals surface area (Å²) in [4.78, 5) is 12.9. The van der Waals surface area contributed by atoms with Gasteiger partial charge in [0.05, 0.1) is 4.92 Å². The van der Waals surface area contributed by atoms with Gasteiger partial charge in [-0.3, -0.25) is 10.1 Å². The maximum Gasteiger partial charge on any atom is 0.269 e. The van der Waals surface area contributed by atoms with E-state index >= 15 is 0 Å². The molecular weight excluding hydrogens is 424 g/mol. The van der Waals surface area contributed by atoms with Gasteiger partial charge < -0.3 is 4.90 Å². The van der Waals surface area contributed by atoms with Crippen molar-refractivity contribution in [1.82, 2.24) is 0 Å². The largest absolute Gasteiger partial charge is 0.370 e. The van der Waals surface area contributed by atoms with Crippen LogP contribution in [-0.4, -0.2) is 28.7 Å². The molecule has 0 heterocycles. The number of non-ortho nitro benzene ring substituents is 1. The van der Waals surface area contributed by atoms with Crippen molar-refractivity contribution in [2.45, 2.75) is 6.42 Å². The minimum absolute atomic E-state index is 0.164. The molecule has 2 aromatic rings. The Kier molecular flexibility index (Phi) is 5.02. The lowest BCUT2D eigenvalue weighted by atomic mass is 10.0. The second-order valence-electron chi connectivity index (χ2n) is 5.48. The number of anilines is 1. The molecular formula is C17H16Br2N2O2. The van der Waals surface area contributed by atoms with Crippen LogP contribution in [0.25, 0.3) is 11.1 Å². The van der Waals surface area contributed by atoms with Crippen molar-refractivity contribution in [3.63, 3.8) is 0 Å². The van der Waals surface area contributed by atoms with Crippen LogP contribution in [-0.2, 0) is 6.42 Å². The summed E-state index contributed by atoms with van der Waals surface area (Å²) in [7, 11) is 0. The molecule has 0 bridgehead atoms. The van der Waals surface area contributed by atoms with Gasteiger partial charge in [0.1, 0.15) is 0 Å². The Morgan fingerprint density at radius 3 is 2.22 bits per heavy atom. The zero-order chi connectivity index (χ0) is 16.4. The number of fused-ring (bicyclic) bond motifs is 3. The van der Waals surface area contributed by atoms with Crippen LogP contribution in [0.15, 0.2) is 36.4 Å². The van der Waals surface area contributed by atoms with Crippen molar-refractivity contribution in [2.75, 3.05) is 28.6 Å². The summed E-state index contributed by atoms with van der Waals surface area (Å²) in [6.07, 6.45) is 0.761. The fraction of sp³-hybridized carbons (Fsp3) is 0.294. The van der Waals surface area contributed by atoms with Crippen molar-refractivity contribution >= 4 is 43.2 Å². The van der Waals surface area contributed by atoms with E-state index in [0.29, 0.717) is 0 Å². The number of hydrogen-bond donors (Lipinski definition) is 0. The standard InChI is InChI=1S/C17H16Br2N2O2/c18-5-7-20(8-6-19)14-1-3-16-12(10-14)9-13-11-15(21(22)23)2-4-17(13)16/h1-4,10-11H,5-9H2. The third kappa shape index (κ3) is 3.28. The van der Waals surface area contributed by atoms with E-state index < -0.39 is 0 Å². The van der Waals surface area contributed by atoms with Crippen molar-refractivity contribution in [3.8, 4) is 11.1 Å². The number of nitrogens with zero attached hydrogens (tertiary/aromatic N) is 2. The topological polar surface area (TPSA) is 46.4 Å². The molecule has 0 unspecified atom stereocenters. The first kappa shape index (κ1) is 16.5. The lowest BCUT2D eigenvalue weighted by Gasteiger charge is -2.23. The van der Waals surface area contributed by atoms with E-state index in [2.05, 4.69) is 55.0 Å². The van der Waals surface area contributed by atoms with Crippen LogP contribution in [0.5, 0.6) is 0 Å². The molecule has 0 aliphatic heterocycles. The van der Waals surface area contributed by atoms with E-state index in [1.54, 1.807) is 12.1 Å². The van der Waals surface area contributed by atoms with Gasteiger partial charge in [-0.1, -0.05) is 37.9 Å². The molecule has 0 N–H and O–H groups in total. The van der Waals surface area contributed by atoms with Crippen LogP contribution >= 0.6 is 31.9 Å². The average Bonchev–Trinajstić information content (AvgIpc) is 2.91. The zero-order valence-corrected chi connectivity index (χ0v) is 15.6. The van der Waals surface area contributed by atoms with Gasteiger partial charge >= 0.3 is 0 Å². The van der Waals surface area contributed by atoms with Gasteiger partial charge in [0, 0.05) is 41.6 Å². The Labute approximate surface area is 151 Å². The summed E-state index contributed by atoms with van der Waals surface area (Å²) in [6, 6.07) is 11.6. The van der Waals surface area contributed by atoms with Gasteiger partial charge in [-0.2, -0.15) is 0 Å². The molecule has 120 valence electrons. The minimum atomic E-state index is -0.331. The highest BCUT2D eigenvalue weighted by Gasteiger charge is 2.22. The van der Waals surface area contributed by atoms with Crippen molar-refractivity contribution in [1.29, 1.82) is 0 Å². The van der Waals surface area contributed by atoms with Crippen LogP contribution in [0.2, 0.25) is 0 Å². The molecule has 0 fully saturated rings. The van der Waals surface area contributed by atoms with Gasteiger partial charge in [-0.05, 0) is 46.9 Å². The number of rotatable bonds is 6. The molecule has 0 spiro atoms. The molecule has 0 saturated carbocycles. The van der Waals surface area contributed by atoms with E-state index in [-0.39, 0.29) is 10.6 Å². The number of benzene rings is 2. The Balaban J connectivity index is 1.93. The van der Waals surface area contributed by atoms with Crippen LogP contribution in [0.1, 0.15) is 11.1 Å². The highest BCUT2D eigenvalue weighted by Crippen LogP contribution is 2.39. The fourth-order valence-corrected chi connectivity index (χ4v) is 3.92. The van der Waals surface area contributed by atoms with Gasteiger partial charge in [0.2, 0.25) is 0 Å². The number of nitro benzene ring substituents is 1. The quantitative estimate of drug-likeness (QED) is 0.316. The molecule has 4 nitrogen and oxygen atoms in total. The molecule has 0 amide bonds. The fourth-order valence-electron chi connectivity index (χ4n) is 3.07. The van der Waals surface area contributed by atoms with Gasteiger partial charge in [-0.25, -0.2) is 0 Å². The van der Waals surface area contributed by atoms with E-state index in [0.717, 1.165) is 41.3 Å².